The topological polar surface area (TPSA) is 159 Å². The fraction of sp³-hybridized carbons (Fsp3) is 0.407. The number of allylic oxidation sites excluding steroid dienone is 2. The fourth-order valence-corrected chi connectivity index (χ4v) is 6.56. The molecule has 0 unspecified atom stereocenters. The number of hydrogen-bond acceptors (Lipinski definition) is 10. The summed E-state index contributed by atoms with van der Waals surface area (Å²) in [6, 6.07) is 7.37. The highest BCUT2D eigenvalue weighted by atomic mass is 33.1. The lowest BCUT2D eigenvalue weighted by Gasteiger charge is -2.26. The lowest BCUT2D eigenvalue weighted by molar-refractivity contribution is -0.127. The molecule has 2 rings (SSSR count). The summed E-state index contributed by atoms with van der Waals surface area (Å²) in [5.41, 5.74) is 16.5. The molecule has 0 aliphatic heterocycles. The van der Waals surface area contributed by atoms with Crippen LogP contribution in [0.5, 0.6) is 0 Å². The van der Waals surface area contributed by atoms with Crippen molar-refractivity contribution in [3.63, 3.8) is 0 Å². The van der Waals surface area contributed by atoms with E-state index in [4.69, 9.17) is 11.5 Å². The Morgan fingerprint density at radius 2 is 1.31 bits per heavy atom. The average molecular weight is 575 g/mol. The standard InChI is InChI=1S/C27H38N6O4S2/c1-17-6-8-22(26(28)30-17)14-32(16-36)19(3)24(10-12-34)38-39-25(11-13-35)20(4)33(21(5)37)15-23-9-7-18(2)31-27(23)29/h6-9,16,34-35H,10-15H2,1-5H3,(H2,28,30)(H2,29,31)/b24-19-,25-20-. The lowest BCUT2D eigenvalue weighted by atomic mass is 10.2. The van der Waals surface area contributed by atoms with Crippen molar-refractivity contribution in [3.8, 4) is 0 Å². The molecule has 6 N–H and O–H groups in total. The summed E-state index contributed by atoms with van der Waals surface area (Å²) >= 11 is 0. The zero-order chi connectivity index (χ0) is 29.1. The number of carbonyl (C=O) groups excluding carboxylic acids is 2. The molecule has 0 bridgehead atoms. The van der Waals surface area contributed by atoms with Gasteiger partial charge in [-0.2, -0.15) is 0 Å². The molecular formula is C27H38N6O4S2. The number of anilines is 2. The van der Waals surface area contributed by atoms with Gasteiger partial charge in [-0.1, -0.05) is 33.7 Å². The zero-order valence-electron chi connectivity index (χ0n) is 23.1. The van der Waals surface area contributed by atoms with E-state index in [1.807, 2.05) is 52.0 Å². The third kappa shape index (κ3) is 9.27. The van der Waals surface area contributed by atoms with Gasteiger partial charge in [-0.25, -0.2) is 9.97 Å². The molecule has 0 saturated carbocycles. The van der Waals surface area contributed by atoms with Crippen molar-refractivity contribution in [3.05, 3.63) is 68.0 Å². The first-order chi connectivity index (χ1) is 18.5. The molecule has 0 radical (unpaired) electrons. The van der Waals surface area contributed by atoms with Crippen LogP contribution >= 0.6 is 21.6 Å². The van der Waals surface area contributed by atoms with Crippen LogP contribution in [0.25, 0.3) is 0 Å². The third-order valence-electron chi connectivity index (χ3n) is 6.04. The number of rotatable bonds is 14. The van der Waals surface area contributed by atoms with Crippen molar-refractivity contribution in [1.29, 1.82) is 0 Å². The largest absolute Gasteiger partial charge is 0.396 e. The van der Waals surface area contributed by atoms with Crippen LogP contribution < -0.4 is 11.5 Å². The number of aromatic nitrogens is 2. The van der Waals surface area contributed by atoms with E-state index in [0.29, 0.717) is 41.4 Å². The molecule has 0 atom stereocenters. The smallest absolute Gasteiger partial charge is 0.223 e. The maximum atomic E-state index is 12.6. The van der Waals surface area contributed by atoms with Crippen molar-refractivity contribution < 1.29 is 19.8 Å². The highest BCUT2D eigenvalue weighted by Crippen LogP contribution is 2.43. The molecule has 0 fully saturated rings. The Morgan fingerprint density at radius 3 is 1.72 bits per heavy atom. The minimum absolute atomic E-state index is 0.113. The van der Waals surface area contributed by atoms with E-state index in [2.05, 4.69) is 9.97 Å². The van der Waals surface area contributed by atoms with E-state index in [1.165, 1.54) is 33.4 Å². The summed E-state index contributed by atoms with van der Waals surface area (Å²) in [5.74, 6) is 0.548. The van der Waals surface area contributed by atoms with Gasteiger partial charge in [-0.05, 0) is 39.8 Å². The molecular weight excluding hydrogens is 536 g/mol. The van der Waals surface area contributed by atoms with Gasteiger partial charge in [-0.3, -0.25) is 9.59 Å². The van der Waals surface area contributed by atoms with E-state index in [1.54, 1.807) is 4.90 Å². The third-order valence-corrected chi connectivity index (χ3v) is 8.98. The van der Waals surface area contributed by atoms with Crippen molar-refractivity contribution in [2.75, 3.05) is 24.7 Å². The van der Waals surface area contributed by atoms with E-state index in [0.717, 1.165) is 33.2 Å². The average Bonchev–Trinajstić information content (AvgIpc) is 2.88. The summed E-state index contributed by atoms with van der Waals surface area (Å²) in [4.78, 5) is 37.9. The van der Waals surface area contributed by atoms with Crippen molar-refractivity contribution in [2.45, 2.75) is 60.5 Å². The van der Waals surface area contributed by atoms with Crippen LogP contribution in [-0.2, 0) is 22.7 Å². The first-order valence-electron chi connectivity index (χ1n) is 12.4. The molecule has 0 saturated heterocycles. The quantitative estimate of drug-likeness (QED) is 0.193. The number of nitrogens with zero attached hydrogens (tertiary/aromatic N) is 4. The molecule has 0 aliphatic rings. The number of carbonyl (C=O) groups is 2. The first-order valence-corrected chi connectivity index (χ1v) is 14.6. The van der Waals surface area contributed by atoms with Gasteiger partial charge < -0.3 is 31.5 Å². The SMILES string of the molecule is CC(=O)N(Cc1ccc(C)nc1N)/C(C)=C(/CCO)SS/C(CCO)=C(/C)N(C=O)Cc1ccc(C)nc1N. The summed E-state index contributed by atoms with van der Waals surface area (Å²) in [6.45, 7) is 9.05. The molecule has 2 aromatic heterocycles. The molecule has 39 heavy (non-hydrogen) atoms. The van der Waals surface area contributed by atoms with Crippen molar-refractivity contribution >= 4 is 45.5 Å². The summed E-state index contributed by atoms with van der Waals surface area (Å²) < 4.78 is 0. The summed E-state index contributed by atoms with van der Waals surface area (Å²) in [7, 11) is 2.76. The Hall–Kier alpha value is -3.06. The molecule has 0 aliphatic carbocycles. The number of pyridine rings is 2. The van der Waals surface area contributed by atoms with Gasteiger partial charge in [0, 0.05) is 76.7 Å². The maximum Gasteiger partial charge on any atom is 0.223 e. The monoisotopic (exact) mass is 574 g/mol. The molecule has 2 amide bonds. The molecule has 0 aromatic carbocycles. The maximum absolute atomic E-state index is 12.6. The molecule has 0 spiro atoms. The zero-order valence-corrected chi connectivity index (χ0v) is 24.7. The van der Waals surface area contributed by atoms with Gasteiger partial charge >= 0.3 is 0 Å². The van der Waals surface area contributed by atoms with E-state index < -0.39 is 0 Å². The Kier molecular flexibility index (Phi) is 12.8. The number of aliphatic hydroxyl groups is 2. The molecule has 212 valence electrons. The van der Waals surface area contributed by atoms with Crippen molar-refractivity contribution in [2.24, 2.45) is 0 Å². The van der Waals surface area contributed by atoms with Crippen LogP contribution in [0.4, 0.5) is 11.6 Å². The molecule has 2 heterocycles. The van der Waals surface area contributed by atoms with Gasteiger partial charge in [-0.15, -0.1) is 0 Å². The Labute approximate surface area is 238 Å². The highest BCUT2D eigenvalue weighted by Gasteiger charge is 2.20. The minimum Gasteiger partial charge on any atom is -0.396 e. The highest BCUT2D eigenvalue weighted by molar-refractivity contribution is 8.79. The van der Waals surface area contributed by atoms with E-state index >= 15 is 0 Å². The van der Waals surface area contributed by atoms with E-state index in [9.17, 15) is 19.8 Å². The second-order valence-electron chi connectivity index (χ2n) is 8.96. The molecule has 12 heteroatoms. The van der Waals surface area contributed by atoms with E-state index in [-0.39, 0.29) is 32.2 Å². The van der Waals surface area contributed by atoms with Gasteiger partial charge in [0.1, 0.15) is 11.6 Å². The first kappa shape index (κ1) is 32.2. The molecule has 2 aromatic rings. The van der Waals surface area contributed by atoms with Crippen LogP contribution in [0.2, 0.25) is 0 Å². The fourth-order valence-electron chi connectivity index (χ4n) is 3.71. The second-order valence-corrected chi connectivity index (χ2v) is 11.3. The second kappa shape index (κ2) is 15.5. The van der Waals surface area contributed by atoms with Crippen LogP contribution in [0, 0.1) is 13.8 Å². The normalized spacial score (nSPS) is 12.5. The van der Waals surface area contributed by atoms with Crippen molar-refractivity contribution in [1.82, 2.24) is 19.8 Å². The number of nitrogens with two attached hydrogens (primary N) is 2. The van der Waals surface area contributed by atoms with Crippen LogP contribution in [0.15, 0.2) is 45.5 Å². The van der Waals surface area contributed by atoms with Gasteiger partial charge in [0.25, 0.3) is 0 Å². The van der Waals surface area contributed by atoms with Gasteiger partial charge in [0.05, 0.1) is 13.1 Å². The predicted molar refractivity (Wildman–Crippen MR) is 159 cm³/mol. The number of nitrogen functional groups attached to an aromatic ring is 2. The number of aliphatic hydroxyl groups excluding tert-OH is 2. The Bertz CT molecular complexity index is 1230. The number of hydrogen-bond donors (Lipinski definition) is 4. The number of aryl methyl sites for hydroxylation is 2. The summed E-state index contributed by atoms with van der Waals surface area (Å²) in [5, 5.41) is 19.5. The minimum atomic E-state index is -0.174. The summed E-state index contributed by atoms with van der Waals surface area (Å²) in [6.07, 6.45) is 1.37. The van der Waals surface area contributed by atoms with Crippen LogP contribution in [0.1, 0.15) is 56.1 Å². The van der Waals surface area contributed by atoms with Gasteiger partial charge in [0.15, 0.2) is 0 Å². The molecule has 10 nitrogen and oxygen atoms in total. The van der Waals surface area contributed by atoms with Gasteiger partial charge in [0.2, 0.25) is 12.3 Å². The Balaban J connectivity index is 2.35. The van der Waals surface area contributed by atoms with Crippen LogP contribution in [-0.4, -0.2) is 55.5 Å². The predicted octanol–water partition coefficient (Wildman–Crippen LogP) is 3.87. The lowest BCUT2D eigenvalue weighted by Crippen LogP contribution is -2.28. The Morgan fingerprint density at radius 1 is 0.846 bits per heavy atom. The van der Waals surface area contributed by atoms with Crippen LogP contribution in [0.3, 0.4) is 0 Å². The number of amides is 2.